The van der Waals surface area contributed by atoms with Crippen molar-refractivity contribution in [1.29, 1.82) is 0 Å². The lowest BCUT2D eigenvalue weighted by atomic mass is 10.00. The number of nitrogens with zero attached hydrogens (tertiary/aromatic N) is 3. The summed E-state index contributed by atoms with van der Waals surface area (Å²) in [5.74, 6) is 1.79. The largest absolute Gasteiger partial charge is 0.370 e. The molecule has 1 aromatic heterocycles. The second kappa shape index (κ2) is 4.02. The minimum absolute atomic E-state index is 0.00165. The van der Waals surface area contributed by atoms with Gasteiger partial charge in [-0.15, -0.1) is 21.8 Å². The Bertz CT molecular complexity index is 245. The van der Waals surface area contributed by atoms with Gasteiger partial charge in [0.25, 0.3) is 0 Å². The van der Waals surface area contributed by atoms with E-state index in [1.54, 1.807) is 0 Å². The van der Waals surface area contributed by atoms with Crippen molar-refractivity contribution in [2.75, 3.05) is 12.5 Å². The smallest absolute Gasteiger partial charge is 0.203 e. The fraction of sp³-hybridized carbons (Fsp3) is 0.857. The zero-order valence-corrected chi connectivity index (χ0v) is 7.87. The molecule has 1 aliphatic rings. The summed E-state index contributed by atoms with van der Waals surface area (Å²) >= 11 is 5.72. The molecule has 1 aromatic rings. The van der Waals surface area contributed by atoms with Crippen molar-refractivity contribution in [3.05, 3.63) is 5.82 Å². The average molecular weight is 203 g/mol. The molecule has 2 atom stereocenters. The molecule has 0 radical (unpaired) electrons. The Hall–Kier alpha value is -0.680. The normalized spacial score (nSPS) is 29.0. The molecule has 5 nitrogen and oxygen atoms in total. The molecular weight excluding hydrogens is 192 g/mol. The van der Waals surface area contributed by atoms with Crippen molar-refractivity contribution in [3.63, 3.8) is 0 Å². The number of nitrogens with one attached hydrogen (secondary N) is 1. The van der Waals surface area contributed by atoms with Crippen LogP contribution in [0, 0.1) is 5.92 Å². The molecule has 13 heavy (non-hydrogen) atoms. The fourth-order valence-corrected chi connectivity index (χ4v) is 1.68. The number of hydrogen-bond donors (Lipinski definition) is 1. The second-order valence-corrected chi connectivity index (χ2v) is 3.50. The third-order valence-corrected chi connectivity index (χ3v) is 2.67. The number of hydrogen-bond acceptors (Lipinski definition) is 4. The van der Waals surface area contributed by atoms with Gasteiger partial charge in [0.2, 0.25) is 5.82 Å². The molecule has 1 saturated heterocycles. The van der Waals surface area contributed by atoms with Crippen LogP contribution < -0.4 is 0 Å². The third kappa shape index (κ3) is 1.97. The first-order valence-corrected chi connectivity index (χ1v) is 4.84. The van der Waals surface area contributed by atoms with Crippen LogP contribution in [0.4, 0.5) is 0 Å². The molecule has 0 aromatic carbocycles. The minimum Gasteiger partial charge on any atom is -0.370 e. The van der Waals surface area contributed by atoms with Crippen molar-refractivity contribution in [2.45, 2.75) is 18.9 Å². The molecule has 72 valence electrons. The highest BCUT2D eigenvalue weighted by molar-refractivity contribution is 6.18. The van der Waals surface area contributed by atoms with Crippen LogP contribution in [-0.4, -0.2) is 33.1 Å². The van der Waals surface area contributed by atoms with Gasteiger partial charge < -0.3 is 4.74 Å². The zero-order chi connectivity index (χ0) is 9.10. The van der Waals surface area contributed by atoms with E-state index in [0.29, 0.717) is 24.2 Å². The van der Waals surface area contributed by atoms with Gasteiger partial charge >= 0.3 is 0 Å². The van der Waals surface area contributed by atoms with E-state index in [-0.39, 0.29) is 6.10 Å². The van der Waals surface area contributed by atoms with Crippen LogP contribution in [-0.2, 0) is 4.74 Å². The lowest BCUT2D eigenvalue weighted by Gasteiger charge is -2.25. The third-order valence-electron chi connectivity index (χ3n) is 2.24. The Morgan fingerprint density at radius 2 is 2.46 bits per heavy atom. The number of aromatic nitrogens is 4. The van der Waals surface area contributed by atoms with Gasteiger partial charge in [0, 0.05) is 5.88 Å². The number of aromatic amines is 1. The van der Waals surface area contributed by atoms with Gasteiger partial charge in [-0.25, -0.2) is 0 Å². The molecule has 1 aliphatic heterocycles. The molecule has 0 amide bonds. The summed E-state index contributed by atoms with van der Waals surface area (Å²) in [5.41, 5.74) is 0. The van der Waals surface area contributed by atoms with Crippen molar-refractivity contribution in [1.82, 2.24) is 20.6 Å². The first-order valence-electron chi connectivity index (χ1n) is 4.31. The van der Waals surface area contributed by atoms with Crippen LogP contribution in [0.2, 0.25) is 0 Å². The predicted molar refractivity (Wildman–Crippen MR) is 46.3 cm³/mol. The van der Waals surface area contributed by atoms with E-state index in [0.717, 1.165) is 12.8 Å². The van der Waals surface area contributed by atoms with Crippen LogP contribution in [0.3, 0.4) is 0 Å². The quantitative estimate of drug-likeness (QED) is 0.724. The average Bonchev–Trinajstić information content (AvgIpc) is 2.71. The summed E-state index contributed by atoms with van der Waals surface area (Å²) in [6, 6.07) is 0. The molecule has 0 aliphatic carbocycles. The molecule has 2 heterocycles. The van der Waals surface area contributed by atoms with E-state index in [1.165, 1.54) is 0 Å². The number of rotatable bonds is 2. The van der Waals surface area contributed by atoms with E-state index in [4.69, 9.17) is 16.3 Å². The summed E-state index contributed by atoms with van der Waals surface area (Å²) in [5, 5.41) is 13.7. The predicted octanol–water partition coefficient (Wildman–Crippen LogP) is 0.906. The monoisotopic (exact) mass is 202 g/mol. The molecule has 6 heteroatoms. The number of ether oxygens (including phenoxy) is 1. The maximum Gasteiger partial charge on any atom is 0.203 e. The SMILES string of the molecule is ClCC1CCC(c2nn[nH]n2)OC1. The molecule has 2 unspecified atom stereocenters. The molecule has 0 saturated carbocycles. The van der Waals surface area contributed by atoms with Gasteiger partial charge in [-0.3, -0.25) is 0 Å². The lowest BCUT2D eigenvalue weighted by Crippen LogP contribution is -2.22. The van der Waals surface area contributed by atoms with Crippen molar-refractivity contribution >= 4 is 11.6 Å². The standard InChI is InChI=1S/C7H11ClN4O/c8-3-5-1-2-6(13-4-5)7-9-11-12-10-7/h5-6H,1-4H2,(H,9,10,11,12). The maximum atomic E-state index is 5.72. The molecule has 1 N–H and O–H groups in total. The summed E-state index contributed by atoms with van der Waals surface area (Å²) < 4.78 is 5.56. The second-order valence-electron chi connectivity index (χ2n) is 3.19. The Labute approximate surface area is 80.8 Å². The van der Waals surface area contributed by atoms with Crippen LogP contribution in [0.5, 0.6) is 0 Å². The number of tetrazole rings is 1. The highest BCUT2D eigenvalue weighted by Crippen LogP contribution is 2.28. The Balaban J connectivity index is 1.92. The Kier molecular flexibility index (Phi) is 2.75. The Morgan fingerprint density at radius 1 is 1.54 bits per heavy atom. The van der Waals surface area contributed by atoms with Gasteiger partial charge in [0.15, 0.2) is 0 Å². The Morgan fingerprint density at radius 3 is 3.00 bits per heavy atom. The molecular formula is C7H11ClN4O. The number of alkyl halides is 1. The maximum absolute atomic E-state index is 5.72. The van der Waals surface area contributed by atoms with Crippen LogP contribution >= 0.6 is 11.6 Å². The summed E-state index contributed by atoms with van der Waals surface area (Å²) in [7, 11) is 0. The van der Waals surface area contributed by atoms with Gasteiger partial charge in [-0.05, 0) is 18.8 Å². The van der Waals surface area contributed by atoms with Crippen molar-refractivity contribution < 1.29 is 4.74 Å². The van der Waals surface area contributed by atoms with Gasteiger partial charge in [0.1, 0.15) is 6.10 Å². The minimum atomic E-state index is -0.00165. The molecule has 2 rings (SSSR count). The van der Waals surface area contributed by atoms with Gasteiger partial charge in [-0.1, -0.05) is 5.21 Å². The molecule has 0 spiro atoms. The number of halogens is 1. The molecule has 1 fully saturated rings. The highest BCUT2D eigenvalue weighted by Gasteiger charge is 2.24. The highest BCUT2D eigenvalue weighted by atomic mass is 35.5. The van der Waals surface area contributed by atoms with Crippen LogP contribution in [0.15, 0.2) is 0 Å². The van der Waals surface area contributed by atoms with E-state index in [9.17, 15) is 0 Å². The summed E-state index contributed by atoms with van der Waals surface area (Å²) in [6.45, 7) is 0.697. The van der Waals surface area contributed by atoms with Gasteiger partial charge in [-0.2, -0.15) is 5.21 Å². The van der Waals surface area contributed by atoms with Crippen LogP contribution in [0.25, 0.3) is 0 Å². The van der Waals surface area contributed by atoms with E-state index < -0.39 is 0 Å². The van der Waals surface area contributed by atoms with E-state index in [2.05, 4.69) is 20.6 Å². The lowest BCUT2D eigenvalue weighted by molar-refractivity contribution is -0.0162. The van der Waals surface area contributed by atoms with Crippen molar-refractivity contribution in [3.8, 4) is 0 Å². The van der Waals surface area contributed by atoms with E-state index in [1.807, 2.05) is 0 Å². The zero-order valence-electron chi connectivity index (χ0n) is 7.11. The summed E-state index contributed by atoms with van der Waals surface area (Å²) in [6.07, 6.45) is 2.00. The molecule has 0 bridgehead atoms. The number of H-pyrrole nitrogens is 1. The fourth-order valence-electron chi connectivity index (χ4n) is 1.44. The van der Waals surface area contributed by atoms with Crippen molar-refractivity contribution in [2.24, 2.45) is 5.92 Å². The topological polar surface area (TPSA) is 63.7 Å². The summed E-state index contributed by atoms with van der Waals surface area (Å²) in [4.78, 5) is 0. The first kappa shape index (κ1) is 8.90. The van der Waals surface area contributed by atoms with Gasteiger partial charge in [0.05, 0.1) is 6.61 Å². The first-order chi connectivity index (χ1) is 6.40. The van der Waals surface area contributed by atoms with E-state index >= 15 is 0 Å². The van der Waals surface area contributed by atoms with Crippen LogP contribution in [0.1, 0.15) is 24.8 Å².